The van der Waals surface area contributed by atoms with Gasteiger partial charge in [-0.25, -0.2) is 5.43 Å². The van der Waals surface area contributed by atoms with Crippen LogP contribution in [0.4, 0.5) is 5.69 Å². The maximum atomic E-state index is 13.1. The Morgan fingerprint density at radius 2 is 1.54 bits per heavy atom. The molecule has 2 amide bonds. The minimum Gasteiger partial charge on any atom is -0.372 e. The Kier molecular flexibility index (Phi) is 10.0. The summed E-state index contributed by atoms with van der Waals surface area (Å²) in [5, 5.41) is 7.08. The molecule has 0 aliphatic heterocycles. The second-order valence-electron chi connectivity index (χ2n) is 8.78. The van der Waals surface area contributed by atoms with Crippen molar-refractivity contribution in [2.75, 3.05) is 18.0 Å². The van der Waals surface area contributed by atoms with Gasteiger partial charge in [0.1, 0.15) is 5.70 Å². The van der Waals surface area contributed by atoms with E-state index < -0.39 is 11.8 Å². The lowest BCUT2D eigenvalue weighted by Crippen LogP contribution is -2.33. The molecule has 192 valence electrons. The average Bonchev–Trinajstić information content (AvgIpc) is 2.90. The highest BCUT2D eigenvalue weighted by molar-refractivity contribution is 6.34. The Balaban J connectivity index is 1.82. The van der Waals surface area contributed by atoms with Crippen LogP contribution in [0.1, 0.15) is 60.7 Å². The molecule has 0 atom stereocenters. The molecular weight excluding hydrogens is 484 g/mol. The summed E-state index contributed by atoms with van der Waals surface area (Å²) in [6.45, 7) is 10.2. The van der Waals surface area contributed by atoms with Gasteiger partial charge in [-0.05, 0) is 66.8 Å². The number of anilines is 1. The molecule has 0 fully saturated rings. The predicted octanol–water partition coefficient (Wildman–Crippen LogP) is 6.23. The third-order valence-corrected chi connectivity index (χ3v) is 6.26. The van der Waals surface area contributed by atoms with E-state index in [2.05, 4.69) is 48.4 Å². The van der Waals surface area contributed by atoms with Crippen LogP contribution in [-0.4, -0.2) is 31.1 Å². The van der Waals surface area contributed by atoms with E-state index >= 15 is 0 Å². The van der Waals surface area contributed by atoms with Gasteiger partial charge in [-0.1, -0.05) is 74.0 Å². The summed E-state index contributed by atoms with van der Waals surface area (Å²) in [7, 11) is 0. The standard InChI is InChI=1S/C30H33ClN4O2/c1-5-35(6-2)25-17-13-22(14-18-25)19-28(33-29(36)26-9-7-8-10-27(26)31)30(37)34-32-20-23-11-15-24(16-12-23)21(3)4/h7-21H,5-6H2,1-4H3,(H,33,36)(H,34,37)/b28-19-,32-20?. The number of rotatable bonds is 10. The summed E-state index contributed by atoms with van der Waals surface area (Å²) in [5.41, 5.74) is 6.75. The first-order chi connectivity index (χ1) is 17.8. The molecule has 0 aliphatic rings. The van der Waals surface area contributed by atoms with Crippen LogP contribution in [0.5, 0.6) is 0 Å². The SMILES string of the molecule is CCN(CC)c1ccc(/C=C(\NC(=O)c2ccccc2Cl)C(=O)NN=Cc2ccc(C(C)C)cc2)cc1. The van der Waals surface area contributed by atoms with Crippen molar-refractivity contribution in [1.29, 1.82) is 0 Å². The van der Waals surface area contributed by atoms with Crippen molar-refractivity contribution >= 4 is 41.4 Å². The maximum absolute atomic E-state index is 13.1. The molecule has 0 aromatic heterocycles. The summed E-state index contributed by atoms with van der Waals surface area (Å²) in [4.78, 5) is 28.2. The number of halogens is 1. The molecule has 0 aliphatic carbocycles. The van der Waals surface area contributed by atoms with E-state index in [1.54, 1.807) is 36.6 Å². The summed E-state index contributed by atoms with van der Waals surface area (Å²) in [5.74, 6) is -0.607. The number of amides is 2. The van der Waals surface area contributed by atoms with E-state index in [1.807, 2.05) is 48.5 Å². The Morgan fingerprint density at radius 3 is 2.14 bits per heavy atom. The molecular formula is C30H33ClN4O2. The number of hydrogen-bond donors (Lipinski definition) is 2. The zero-order valence-corrected chi connectivity index (χ0v) is 22.4. The number of hydrazone groups is 1. The summed E-state index contributed by atoms with van der Waals surface area (Å²) in [6.07, 6.45) is 3.18. The van der Waals surface area contributed by atoms with Gasteiger partial charge in [0, 0.05) is 18.8 Å². The summed E-state index contributed by atoms with van der Waals surface area (Å²) >= 11 is 6.19. The number of nitrogens with one attached hydrogen (secondary N) is 2. The van der Waals surface area contributed by atoms with Gasteiger partial charge in [0.25, 0.3) is 11.8 Å². The van der Waals surface area contributed by atoms with Crippen molar-refractivity contribution < 1.29 is 9.59 Å². The minimum absolute atomic E-state index is 0.0489. The third-order valence-electron chi connectivity index (χ3n) is 5.93. The van der Waals surface area contributed by atoms with Gasteiger partial charge >= 0.3 is 0 Å². The van der Waals surface area contributed by atoms with Gasteiger partial charge in [-0.3, -0.25) is 9.59 Å². The Morgan fingerprint density at radius 1 is 0.919 bits per heavy atom. The highest BCUT2D eigenvalue weighted by atomic mass is 35.5. The van der Waals surface area contributed by atoms with E-state index in [-0.39, 0.29) is 11.3 Å². The summed E-state index contributed by atoms with van der Waals surface area (Å²) < 4.78 is 0. The molecule has 3 rings (SSSR count). The quantitative estimate of drug-likeness (QED) is 0.190. The van der Waals surface area contributed by atoms with Gasteiger partial charge in [0.05, 0.1) is 16.8 Å². The monoisotopic (exact) mass is 516 g/mol. The van der Waals surface area contributed by atoms with Crippen LogP contribution in [0, 0.1) is 0 Å². The molecule has 0 spiro atoms. The van der Waals surface area contributed by atoms with Crippen LogP contribution in [0.3, 0.4) is 0 Å². The number of hydrogen-bond acceptors (Lipinski definition) is 4. The maximum Gasteiger partial charge on any atom is 0.287 e. The lowest BCUT2D eigenvalue weighted by molar-refractivity contribution is -0.117. The fourth-order valence-corrected chi connectivity index (χ4v) is 3.94. The molecule has 3 aromatic carbocycles. The molecule has 3 aromatic rings. The van der Waals surface area contributed by atoms with Crippen molar-refractivity contribution in [1.82, 2.24) is 10.7 Å². The Hall–Kier alpha value is -3.90. The van der Waals surface area contributed by atoms with Crippen LogP contribution in [-0.2, 0) is 4.79 Å². The van der Waals surface area contributed by atoms with E-state index in [0.29, 0.717) is 10.9 Å². The van der Waals surface area contributed by atoms with Crippen LogP contribution < -0.4 is 15.6 Å². The van der Waals surface area contributed by atoms with Gasteiger partial charge in [-0.2, -0.15) is 5.10 Å². The second-order valence-corrected chi connectivity index (χ2v) is 9.18. The smallest absolute Gasteiger partial charge is 0.287 e. The third kappa shape index (κ3) is 7.79. The largest absolute Gasteiger partial charge is 0.372 e. The highest BCUT2D eigenvalue weighted by Gasteiger charge is 2.16. The zero-order valence-electron chi connectivity index (χ0n) is 21.7. The first kappa shape index (κ1) is 27.7. The molecule has 0 bridgehead atoms. The average molecular weight is 517 g/mol. The number of benzene rings is 3. The molecule has 37 heavy (non-hydrogen) atoms. The van der Waals surface area contributed by atoms with Crippen molar-refractivity contribution in [2.24, 2.45) is 5.10 Å². The van der Waals surface area contributed by atoms with Gasteiger partial charge in [-0.15, -0.1) is 0 Å². The first-order valence-electron chi connectivity index (χ1n) is 12.4. The van der Waals surface area contributed by atoms with E-state index in [0.717, 1.165) is 29.9 Å². The fraction of sp³-hybridized carbons (Fsp3) is 0.233. The zero-order chi connectivity index (χ0) is 26.8. The van der Waals surface area contributed by atoms with Crippen molar-refractivity contribution in [3.63, 3.8) is 0 Å². The molecule has 0 saturated heterocycles. The van der Waals surface area contributed by atoms with Crippen LogP contribution in [0.15, 0.2) is 83.6 Å². The molecule has 0 unspecified atom stereocenters. The van der Waals surface area contributed by atoms with Gasteiger partial charge in [0.15, 0.2) is 0 Å². The van der Waals surface area contributed by atoms with E-state index in [1.165, 1.54) is 5.56 Å². The topological polar surface area (TPSA) is 73.8 Å². The fourth-order valence-electron chi connectivity index (χ4n) is 3.72. The highest BCUT2D eigenvalue weighted by Crippen LogP contribution is 2.18. The minimum atomic E-state index is -0.553. The van der Waals surface area contributed by atoms with Crippen molar-refractivity contribution in [2.45, 2.75) is 33.6 Å². The summed E-state index contributed by atoms with van der Waals surface area (Å²) in [6, 6.07) is 22.4. The predicted molar refractivity (Wildman–Crippen MR) is 153 cm³/mol. The van der Waals surface area contributed by atoms with Crippen molar-refractivity contribution in [3.05, 3.63) is 106 Å². The molecule has 0 saturated carbocycles. The first-order valence-corrected chi connectivity index (χ1v) is 12.8. The van der Waals surface area contributed by atoms with Gasteiger partial charge in [0.2, 0.25) is 0 Å². The van der Waals surface area contributed by atoms with Crippen molar-refractivity contribution in [3.8, 4) is 0 Å². The number of carbonyl (C=O) groups is 2. The van der Waals surface area contributed by atoms with Gasteiger partial charge < -0.3 is 10.2 Å². The lowest BCUT2D eigenvalue weighted by Gasteiger charge is -2.21. The molecule has 2 N–H and O–H groups in total. The number of nitrogens with zero attached hydrogens (tertiary/aromatic N) is 2. The van der Waals surface area contributed by atoms with Crippen LogP contribution >= 0.6 is 11.6 Å². The van der Waals surface area contributed by atoms with E-state index in [9.17, 15) is 9.59 Å². The molecule has 6 nitrogen and oxygen atoms in total. The molecule has 0 radical (unpaired) electrons. The Bertz CT molecular complexity index is 1260. The lowest BCUT2D eigenvalue weighted by atomic mass is 10.0. The Labute approximate surface area is 224 Å². The van der Waals surface area contributed by atoms with Crippen LogP contribution in [0.2, 0.25) is 5.02 Å². The molecule has 7 heteroatoms. The second kappa shape index (κ2) is 13.4. The van der Waals surface area contributed by atoms with E-state index in [4.69, 9.17) is 11.6 Å². The molecule has 0 heterocycles. The number of carbonyl (C=O) groups excluding carboxylic acids is 2. The normalized spacial score (nSPS) is 11.6. The van der Waals surface area contributed by atoms with Crippen LogP contribution in [0.25, 0.3) is 6.08 Å².